The van der Waals surface area contributed by atoms with Crippen molar-refractivity contribution in [2.24, 2.45) is 0 Å². The molecule has 166 valence electrons. The Hall–Kier alpha value is -3.25. The first-order valence-electron chi connectivity index (χ1n) is 11.3. The van der Waals surface area contributed by atoms with E-state index in [4.69, 9.17) is 0 Å². The van der Waals surface area contributed by atoms with Crippen molar-refractivity contribution in [1.29, 1.82) is 0 Å². The Bertz CT molecular complexity index is 1040. The summed E-state index contributed by atoms with van der Waals surface area (Å²) in [5, 5.41) is 6.29. The summed E-state index contributed by atoms with van der Waals surface area (Å²) >= 11 is 0. The smallest absolute Gasteiger partial charge is 0.240 e. The van der Waals surface area contributed by atoms with Gasteiger partial charge in [0.25, 0.3) is 0 Å². The second kappa shape index (κ2) is 9.92. The van der Waals surface area contributed by atoms with Gasteiger partial charge in [-0.2, -0.15) is 0 Å². The lowest BCUT2D eigenvalue weighted by molar-refractivity contribution is -0.132. The number of likely N-dealkylation sites (tertiary alicyclic amines) is 1. The van der Waals surface area contributed by atoms with E-state index in [9.17, 15) is 4.79 Å². The number of anilines is 1. The number of aromatic nitrogens is 2. The van der Waals surface area contributed by atoms with Gasteiger partial charge in [-0.25, -0.2) is 4.98 Å². The molecule has 1 aliphatic rings. The van der Waals surface area contributed by atoms with Gasteiger partial charge in [0, 0.05) is 44.3 Å². The van der Waals surface area contributed by atoms with Gasteiger partial charge in [-0.1, -0.05) is 30.3 Å². The highest BCUT2D eigenvalue weighted by Gasteiger charge is 2.47. The topological polar surface area (TPSA) is 70.2 Å². The first-order valence-corrected chi connectivity index (χ1v) is 11.3. The van der Waals surface area contributed by atoms with Crippen molar-refractivity contribution in [3.63, 3.8) is 0 Å². The van der Waals surface area contributed by atoms with E-state index in [2.05, 4.69) is 55.8 Å². The van der Waals surface area contributed by atoms with Crippen LogP contribution in [-0.2, 0) is 17.8 Å². The van der Waals surface area contributed by atoms with Gasteiger partial charge in [-0.3, -0.25) is 14.7 Å². The number of amides is 1. The number of carbonyl (C=O) groups is 1. The third-order valence-corrected chi connectivity index (χ3v) is 6.34. The Morgan fingerprint density at radius 3 is 2.53 bits per heavy atom. The Labute approximate surface area is 190 Å². The van der Waals surface area contributed by atoms with Gasteiger partial charge in [0.2, 0.25) is 5.91 Å². The Morgan fingerprint density at radius 1 is 1.06 bits per heavy atom. The zero-order valence-corrected chi connectivity index (χ0v) is 18.8. The summed E-state index contributed by atoms with van der Waals surface area (Å²) in [6, 6.07) is 16.6. The first-order chi connectivity index (χ1) is 15.7. The number of likely N-dealkylation sites (N-methyl/N-ethyl adjacent to an activating group) is 1. The molecule has 32 heavy (non-hydrogen) atoms. The third-order valence-electron chi connectivity index (χ3n) is 6.34. The molecule has 2 aromatic heterocycles. The molecule has 0 spiro atoms. The predicted molar refractivity (Wildman–Crippen MR) is 128 cm³/mol. The number of nitrogens with one attached hydrogen (secondary N) is 2. The van der Waals surface area contributed by atoms with Crippen molar-refractivity contribution in [1.82, 2.24) is 20.2 Å². The molecular weight excluding hydrogens is 398 g/mol. The van der Waals surface area contributed by atoms with Crippen molar-refractivity contribution in [3.8, 4) is 11.1 Å². The lowest BCUT2D eigenvalue weighted by Gasteiger charge is -2.37. The molecule has 1 amide bonds. The van der Waals surface area contributed by atoms with Crippen LogP contribution in [0.1, 0.15) is 30.9 Å². The molecule has 3 heterocycles. The van der Waals surface area contributed by atoms with E-state index in [0.29, 0.717) is 19.5 Å². The molecule has 0 bridgehead atoms. The molecule has 1 atom stereocenters. The van der Waals surface area contributed by atoms with Crippen LogP contribution in [-0.4, -0.2) is 46.5 Å². The highest BCUT2D eigenvalue weighted by atomic mass is 16.2. The number of rotatable bonds is 8. The Balaban J connectivity index is 1.62. The molecule has 3 aromatic rings. The minimum atomic E-state index is -0.560. The fraction of sp³-hybridized carbons (Fsp3) is 0.346. The Morgan fingerprint density at radius 2 is 1.81 bits per heavy atom. The van der Waals surface area contributed by atoms with Crippen LogP contribution in [0.5, 0.6) is 0 Å². The molecule has 4 rings (SSSR count). The van der Waals surface area contributed by atoms with E-state index in [0.717, 1.165) is 41.9 Å². The minimum absolute atomic E-state index is 0.116. The van der Waals surface area contributed by atoms with Gasteiger partial charge >= 0.3 is 0 Å². The molecule has 0 saturated carbocycles. The predicted octanol–water partition coefficient (Wildman–Crippen LogP) is 3.90. The number of hydrogen-bond donors (Lipinski definition) is 2. The van der Waals surface area contributed by atoms with Crippen LogP contribution < -0.4 is 10.6 Å². The normalized spacial score (nSPS) is 18.4. The zero-order valence-electron chi connectivity index (χ0n) is 18.8. The maximum Gasteiger partial charge on any atom is 0.240 e. The summed E-state index contributed by atoms with van der Waals surface area (Å²) in [5.41, 5.74) is 4.01. The van der Waals surface area contributed by atoms with Crippen molar-refractivity contribution >= 4 is 11.7 Å². The molecule has 6 heteroatoms. The lowest BCUT2D eigenvalue weighted by Crippen LogP contribution is -2.56. The van der Waals surface area contributed by atoms with Crippen molar-refractivity contribution < 1.29 is 4.79 Å². The average Bonchev–Trinajstić information content (AvgIpc) is 3.23. The Kier molecular flexibility index (Phi) is 6.81. The molecule has 1 saturated heterocycles. The average molecular weight is 430 g/mol. The fourth-order valence-electron chi connectivity index (χ4n) is 4.72. The van der Waals surface area contributed by atoms with E-state index in [1.165, 1.54) is 5.56 Å². The summed E-state index contributed by atoms with van der Waals surface area (Å²) in [7, 11) is 1.89. The van der Waals surface area contributed by atoms with Crippen molar-refractivity contribution in [2.75, 3.05) is 25.5 Å². The van der Waals surface area contributed by atoms with Crippen LogP contribution in [0.3, 0.4) is 0 Å². The largest absolute Gasteiger partial charge is 0.373 e. The summed E-state index contributed by atoms with van der Waals surface area (Å²) in [6.45, 7) is 4.19. The van der Waals surface area contributed by atoms with Crippen LogP contribution in [0.25, 0.3) is 11.1 Å². The molecule has 1 aromatic carbocycles. The van der Waals surface area contributed by atoms with E-state index in [1.807, 2.05) is 44.6 Å². The molecule has 0 radical (unpaired) electrons. The summed E-state index contributed by atoms with van der Waals surface area (Å²) in [6.07, 6.45) is 7.94. The number of carbonyl (C=O) groups excluding carboxylic acids is 1. The summed E-state index contributed by atoms with van der Waals surface area (Å²) in [5.74, 6) is 0.983. The maximum atomic E-state index is 13.4. The fourth-order valence-corrected chi connectivity index (χ4v) is 4.72. The molecule has 1 fully saturated rings. The van der Waals surface area contributed by atoms with Crippen molar-refractivity contribution in [3.05, 3.63) is 78.2 Å². The van der Waals surface area contributed by atoms with Gasteiger partial charge in [-0.05, 0) is 67.6 Å². The monoisotopic (exact) mass is 429 g/mol. The zero-order chi connectivity index (χ0) is 22.4. The number of hydrogen-bond acceptors (Lipinski definition) is 5. The van der Waals surface area contributed by atoms with Gasteiger partial charge in [0.15, 0.2) is 0 Å². The number of benzene rings is 1. The molecule has 1 unspecified atom stereocenters. The van der Waals surface area contributed by atoms with Crippen LogP contribution in [0.2, 0.25) is 0 Å². The highest BCUT2D eigenvalue weighted by Crippen LogP contribution is 2.35. The highest BCUT2D eigenvalue weighted by molar-refractivity contribution is 5.87. The van der Waals surface area contributed by atoms with Crippen molar-refractivity contribution in [2.45, 2.75) is 38.3 Å². The number of pyridine rings is 2. The molecule has 2 N–H and O–H groups in total. The van der Waals surface area contributed by atoms with Gasteiger partial charge in [-0.15, -0.1) is 0 Å². The van der Waals surface area contributed by atoms with Gasteiger partial charge < -0.3 is 10.6 Å². The van der Waals surface area contributed by atoms with E-state index in [1.54, 1.807) is 6.20 Å². The van der Waals surface area contributed by atoms with E-state index < -0.39 is 5.54 Å². The third kappa shape index (κ3) is 4.50. The molecular formula is C26H31N5O. The second-order valence-electron chi connectivity index (χ2n) is 8.29. The van der Waals surface area contributed by atoms with Crippen LogP contribution in [0.4, 0.5) is 5.82 Å². The van der Waals surface area contributed by atoms with Gasteiger partial charge in [0.1, 0.15) is 11.4 Å². The standard InChI is InChI=1S/C26H31N5O/c1-3-29-25(32)26(13-5-17-31(26)19-23-6-4-14-30-24(23)27-2)18-20-7-9-21(10-8-20)22-11-15-28-16-12-22/h4,6-12,14-16H,3,5,13,17-19H2,1-2H3,(H,27,30)(H,29,32). The number of nitrogens with zero attached hydrogens (tertiary/aromatic N) is 3. The quantitative estimate of drug-likeness (QED) is 0.568. The second-order valence-corrected chi connectivity index (χ2v) is 8.29. The summed E-state index contributed by atoms with van der Waals surface area (Å²) < 4.78 is 0. The lowest BCUT2D eigenvalue weighted by atomic mass is 9.86. The molecule has 0 aliphatic carbocycles. The maximum absolute atomic E-state index is 13.4. The van der Waals surface area contributed by atoms with Crippen LogP contribution in [0.15, 0.2) is 67.1 Å². The first kappa shape index (κ1) is 22.0. The molecule has 6 nitrogen and oxygen atoms in total. The van der Waals surface area contributed by atoms with Crippen LogP contribution >= 0.6 is 0 Å². The van der Waals surface area contributed by atoms with E-state index in [-0.39, 0.29) is 5.91 Å². The van der Waals surface area contributed by atoms with E-state index >= 15 is 0 Å². The SMILES string of the molecule is CCNC(=O)C1(Cc2ccc(-c3ccncc3)cc2)CCCN1Cc1cccnc1NC. The van der Waals surface area contributed by atoms with Gasteiger partial charge in [0.05, 0.1) is 0 Å². The molecule has 1 aliphatic heterocycles. The van der Waals surface area contributed by atoms with Crippen LogP contribution in [0, 0.1) is 0 Å². The summed E-state index contributed by atoms with van der Waals surface area (Å²) in [4.78, 5) is 24.3. The minimum Gasteiger partial charge on any atom is -0.373 e.